The molecule has 10 nitrogen and oxygen atoms in total. The lowest BCUT2D eigenvalue weighted by molar-refractivity contribution is -0.335. The zero-order valence-corrected chi connectivity index (χ0v) is 29.0. The summed E-state index contributed by atoms with van der Waals surface area (Å²) in [6.07, 6.45) is -0.930. The maximum absolute atomic E-state index is 12.2. The number of hydrogen-bond donors (Lipinski definition) is 8. The van der Waals surface area contributed by atoms with E-state index in [1.807, 2.05) is 19.9 Å². The number of aliphatic hydroxyl groups excluding tert-OH is 7. The van der Waals surface area contributed by atoms with Gasteiger partial charge in [-0.25, -0.2) is 0 Å². The van der Waals surface area contributed by atoms with Gasteiger partial charge >= 0.3 is 0 Å². The predicted molar refractivity (Wildman–Crippen MR) is 171 cm³/mol. The Morgan fingerprint density at radius 3 is 2.17 bits per heavy atom. The van der Waals surface area contributed by atoms with Crippen LogP contribution in [0.25, 0.3) is 0 Å². The summed E-state index contributed by atoms with van der Waals surface area (Å²) >= 11 is 0. The maximum Gasteiger partial charge on any atom is 0.186 e. The average Bonchev–Trinajstić information content (AvgIpc) is 3.25. The molecule has 5 rings (SSSR count). The predicted octanol–water partition coefficient (Wildman–Crippen LogP) is 2.27. The van der Waals surface area contributed by atoms with E-state index in [4.69, 9.17) is 9.47 Å². The Hall–Kier alpha value is -0.660. The summed E-state index contributed by atoms with van der Waals surface area (Å²) in [7, 11) is 0. The van der Waals surface area contributed by atoms with Crippen LogP contribution in [-0.4, -0.2) is 109 Å². The van der Waals surface area contributed by atoms with Crippen molar-refractivity contribution in [1.29, 1.82) is 0 Å². The summed E-state index contributed by atoms with van der Waals surface area (Å²) in [5.74, 6) is -0.0328. The zero-order valence-electron chi connectivity index (χ0n) is 29.0. The van der Waals surface area contributed by atoms with Gasteiger partial charge in [0.1, 0.15) is 24.4 Å². The minimum absolute atomic E-state index is 0.00580. The van der Waals surface area contributed by atoms with E-state index in [1.54, 1.807) is 0 Å². The quantitative estimate of drug-likeness (QED) is 0.143. The van der Waals surface area contributed by atoms with E-state index in [9.17, 15) is 40.9 Å². The monoisotopic (exact) mass is 654 g/mol. The summed E-state index contributed by atoms with van der Waals surface area (Å²) in [5, 5.41) is 86.0. The van der Waals surface area contributed by atoms with Gasteiger partial charge in [-0.2, -0.15) is 0 Å². The lowest BCUT2D eigenvalue weighted by atomic mass is 9.35. The Labute approximate surface area is 274 Å². The molecule has 0 amide bonds. The van der Waals surface area contributed by atoms with Gasteiger partial charge < -0.3 is 50.3 Å². The molecule has 1 heterocycles. The van der Waals surface area contributed by atoms with Crippen LogP contribution in [0.5, 0.6) is 0 Å². The van der Waals surface area contributed by atoms with Gasteiger partial charge in [0.2, 0.25) is 0 Å². The fourth-order valence-electron chi connectivity index (χ4n) is 12.2. The summed E-state index contributed by atoms with van der Waals surface area (Å²) in [6.45, 7) is 14.3. The highest BCUT2D eigenvalue weighted by atomic mass is 16.7. The Morgan fingerprint density at radius 2 is 1.54 bits per heavy atom. The van der Waals surface area contributed by atoms with Crippen molar-refractivity contribution in [1.82, 2.24) is 0 Å². The molecule has 0 aromatic heterocycles. The van der Waals surface area contributed by atoms with Crippen LogP contribution in [0.3, 0.4) is 0 Å². The standard InChI is InChI=1S/C36H62O10/c1-19(17-37)9-8-13-36(7,44)26-20-10-11-24-33(4)14-12-25(46-31-29(43)28(42)27(41)23(18-38)45-31)32(2,3)30(33)22(40)16-35(24,6)34(20,5)15-21(26)39/h9,20-31,37-44H,8,10-18H2,1-7H3. The first-order valence-electron chi connectivity index (χ1n) is 17.6. The minimum Gasteiger partial charge on any atom is -0.394 e. The Morgan fingerprint density at radius 1 is 0.891 bits per heavy atom. The number of allylic oxidation sites excluding steroid dienone is 1. The molecule has 16 unspecified atom stereocenters. The van der Waals surface area contributed by atoms with Crippen LogP contribution < -0.4 is 0 Å². The topological polar surface area (TPSA) is 180 Å². The molecule has 0 aromatic carbocycles. The van der Waals surface area contributed by atoms with Gasteiger partial charge in [-0.05, 0) is 105 Å². The average molecular weight is 655 g/mol. The van der Waals surface area contributed by atoms with Gasteiger partial charge in [-0.15, -0.1) is 0 Å². The Balaban J connectivity index is 1.39. The first kappa shape index (κ1) is 36.6. The molecule has 5 fully saturated rings. The second-order valence-electron chi connectivity index (χ2n) is 17.4. The molecule has 8 N–H and O–H groups in total. The highest BCUT2D eigenvalue weighted by Crippen LogP contribution is 2.76. The van der Waals surface area contributed by atoms with Crippen molar-refractivity contribution in [2.75, 3.05) is 13.2 Å². The molecular formula is C36H62O10. The van der Waals surface area contributed by atoms with Gasteiger partial charge in [-0.1, -0.05) is 46.3 Å². The van der Waals surface area contributed by atoms with E-state index in [1.165, 1.54) is 0 Å². The van der Waals surface area contributed by atoms with Crippen molar-refractivity contribution in [3.63, 3.8) is 0 Å². The van der Waals surface area contributed by atoms with E-state index in [0.717, 1.165) is 24.8 Å². The molecule has 266 valence electrons. The van der Waals surface area contributed by atoms with Gasteiger partial charge in [0.05, 0.1) is 37.1 Å². The van der Waals surface area contributed by atoms with Crippen molar-refractivity contribution in [3.05, 3.63) is 11.6 Å². The lowest BCUT2D eigenvalue weighted by Gasteiger charge is -2.71. The van der Waals surface area contributed by atoms with Gasteiger partial charge in [0.25, 0.3) is 0 Å². The van der Waals surface area contributed by atoms with E-state index in [0.29, 0.717) is 32.1 Å². The third-order valence-electron chi connectivity index (χ3n) is 14.5. The molecule has 5 aliphatic rings. The van der Waals surface area contributed by atoms with Crippen LogP contribution >= 0.6 is 0 Å². The lowest BCUT2D eigenvalue weighted by Crippen LogP contribution is -2.68. The number of rotatable bonds is 8. The van der Waals surface area contributed by atoms with Crippen LogP contribution in [0.4, 0.5) is 0 Å². The Bertz CT molecular complexity index is 1120. The highest BCUT2D eigenvalue weighted by Gasteiger charge is 2.73. The second kappa shape index (κ2) is 12.6. The summed E-state index contributed by atoms with van der Waals surface area (Å²) in [5.41, 5.74) is -1.54. The largest absolute Gasteiger partial charge is 0.394 e. The van der Waals surface area contributed by atoms with Crippen molar-refractivity contribution >= 4 is 0 Å². The third-order valence-corrected chi connectivity index (χ3v) is 14.5. The molecule has 4 saturated carbocycles. The van der Waals surface area contributed by atoms with Gasteiger partial charge in [0.15, 0.2) is 6.29 Å². The normalized spacial score (nSPS) is 51.9. The molecule has 1 saturated heterocycles. The SMILES string of the molecule is CC(=CCCC(C)(O)C1C(O)CC2(C)C1CCC1C3(C)CCC(OC4OC(CO)C(O)C(O)C4O)C(C)(C)C3C(O)CC12C)CO. The van der Waals surface area contributed by atoms with Crippen LogP contribution in [0.1, 0.15) is 99.8 Å². The van der Waals surface area contributed by atoms with Gasteiger partial charge in [-0.3, -0.25) is 0 Å². The van der Waals surface area contributed by atoms with E-state index in [-0.39, 0.29) is 46.5 Å². The molecule has 0 aromatic rings. The first-order chi connectivity index (χ1) is 21.3. The van der Waals surface area contributed by atoms with E-state index < -0.39 is 66.6 Å². The zero-order chi connectivity index (χ0) is 34.2. The summed E-state index contributed by atoms with van der Waals surface area (Å²) < 4.78 is 12.1. The maximum atomic E-state index is 12.2. The molecule has 0 spiro atoms. The van der Waals surface area contributed by atoms with E-state index >= 15 is 0 Å². The number of hydrogen-bond acceptors (Lipinski definition) is 10. The minimum atomic E-state index is -1.52. The molecule has 46 heavy (non-hydrogen) atoms. The van der Waals surface area contributed by atoms with Crippen molar-refractivity contribution in [3.8, 4) is 0 Å². The van der Waals surface area contributed by atoms with Crippen molar-refractivity contribution < 1.29 is 50.3 Å². The fourth-order valence-corrected chi connectivity index (χ4v) is 12.2. The molecule has 16 atom stereocenters. The molecule has 0 radical (unpaired) electrons. The smallest absolute Gasteiger partial charge is 0.186 e. The summed E-state index contributed by atoms with van der Waals surface area (Å²) in [4.78, 5) is 0. The second-order valence-corrected chi connectivity index (χ2v) is 17.4. The van der Waals surface area contributed by atoms with Crippen LogP contribution in [0, 0.1) is 45.3 Å². The molecule has 4 aliphatic carbocycles. The molecule has 10 heteroatoms. The molecular weight excluding hydrogens is 592 g/mol. The number of fused-ring (bicyclic) bond motifs is 5. The fraction of sp³-hybridized carbons (Fsp3) is 0.944. The van der Waals surface area contributed by atoms with E-state index in [2.05, 4.69) is 34.6 Å². The number of aliphatic hydroxyl groups is 8. The van der Waals surface area contributed by atoms with Gasteiger partial charge in [0, 0.05) is 5.92 Å². The number of ether oxygens (including phenoxy) is 2. The molecule has 0 bridgehead atoms. The van der Waals surface area contributed by atoms with Crippen LogP contribution in [0.15, 0.2) is 11.6 Å². The van der Waals surface area contributed by atoms with Crippen LogP contribution in [0.2, 0.25) is 0 Å². The molecule has 1 aliphatic heterocycles. The Kier molecular flexibility index (Phi) is 10.0. The van der Waals surface area contributed by atoms with Crippen molar-refractivity contribution in [2.45, 2.75) is 154 Å². The highest BCUT2D eigenvalue weighted by molar-refractivity contribution is 5.21. The first-order valence-corrected chi connectivity index (χ1v) is 17.6. The van der Waals surface area contributed by atoms with Crippen LogP contribution in [-0.2, 0) is 9.47 Å². The van der Waals surface area contributed by atoms with Crippen molar-refractivity contribution in [2.24, 2.45) is 45.3 Å². The third kappa shape index (κ3) is 5.55. The summed E-state index contributed by atoms with van der Waals surface area (Å²) in [6, 6.07) is 0.